The van der Waals surface area contributed by atoms with E-state index in [1.54, 1.807) is 0 Å². The van der Waals surface area contributed by atoms with Gasteiger partial charge in [-0.05, 0) is 38.7 Å². The fraction of sp³-hybridized carbons (Fsp3) is 0.524. The normalized spacial score (nSPS) is 16.7. The first-order chi connectivity index (χ1) is 12.6. The number of benzene rings is 1. The summed E-state index contributed by atoms with van der Waals surface area (Å²) in [6.45, 7) is 5.74. The molecule has 1 fully saturated rings. The van der Waals surface area contributed by atoms with Crippen LogP contribution < -0.4 is 0 Å². The fourth-order valence-electron chi connectivity index (χ4n) is 3.86. The van der Waals surface area contributed by atoms with E-state index in [1.165, 1.54) is 5.56 Å². The van der Waals surface area contributed by atoms with Gasteiger partial charge >= 0.3 is 0 Å². The van der Waals surface area contributed by atoms with E-state index in [2.05, 4.69) is 21.7 Å². The number of piperidine rings is 1. The van der Waals surface area contributed by atoms with Gasteiger partial charge in [0, 0.05) is 37.3 Å². The predicted molar refractivity (Wildman–Crippen MR) is 102 cm³/mol. The number of nitrogens with zero attached hydrogens (tertiary/aromatic N) is 3. The maximum absolute atomic E-state index is 12.5. The zero-order valence-electron chi connectivity index (χ0n) is 15.8. The minimum atomic E-state index is 0.0398. The van der Waals surface area contributed by atoms with Crippen molar-refractivity contribution in [1.29, 1.82) is 0 Å². The molecule has 26 heavy (non-hydrogen) atoms. The number of amides is 1. The maximum atomic E-state index is 12.5. The van der Waals surface area contributed by atoms with Crippen molar-refractivity contribution in [3.8, 4) is 0 Å². The van der Waals surface area contributed by atoms with E-state index in [0.29, 0.717) is 12.3 Å². The van der Waals surface area contributed by atoms with Gasteiger partial charge in [0.2, 0.25) is 5.91 Å². The third-order valence-electron chi connectivity index (χ3n) is 5.40. The Labute approximate surface area is 155 Å². The van der Waals surface area contributed by atoms with Gasteiger partial charge in [0.25, 0.3) is 0 Å². The fourth-order valence-corrected chi connectivity index (χ4v) is 3.86. The van der Waals surface area contributed by atoms with Crippen LogP contribution in [-0.2, 0) is 11.2 Å². The lowest BCUT2D eigenvalue weighted by Gasteiger charge is -2.32. The number of imidazole rings is 1. The molecule has 1 amide bonds. The van der Waals surface area contributed by atoms with Crippen molar-refractivity contribution in [2.24, 2.45) is 0 Å². The molecule has 2 aromatic rings. The van der Waals surface area contributed by atoms with E-state index in [-0.39, 0.29) is 18.6 Å². The van der Waals surface area contributed by atoms with E-state index < -0.39 is 0 Å². The molecule has 1 saturated heterocycles. The van der Waals surface area contributed by atoms with Crippen molar-refractivity contribution in [3.05, 3.63) is 53.6 Å². The average Bonchev–Trinajstić information content (AvgIpc) is 3.08. The molecule has 0 spiro atoms. The summed E-state index contributed by atoms with van der Waals surface area (Å²) >= 11 is 0. The van der Waals surface area contributed by atoms with Gasteiger partial charge in [-0.1, -0.05) is 30.3 Å². The largest absolute Gasteiger partial charge is 0.394 e. The molecule has 0 saturated carbocycles. The van der Waals surface area contributed by atoms with Gasteiger partial charge < -0.3 is 14.6 Å². The summed E-state index contributed by atoms with van der Waals surface area (Å²) in [4.78, 5) is 19.1. The number of aliphatic hydroxyl groups is 1. The molecular formula is C21H29N3O2. The summed E-state index contributed by atoms with van der Waals surface area (Å²) in [5.41, 5.74) is 2.30. The summed E-state index contributed by atoms with van der Waals surface area (Å²) in [6, 6.07) is 10.2. The first kappa shape index (κ1) is 18.6. The molecule has 5 nitrogen and oxygen atoms in total. The molecule has 140 valence electrons. The Balaban J connectivity index is 1.55. The number of likely N-dealkylation sites (tertiary alicyclic amines) is 1. The van der Waals surface area contributed by atoms with Crippen molar-refractivity contribution >= 4 is 5.91 Å². The Morgan fingerprint density at radius 1 is 1.27 bits per heavy atom. The first-order valence-electron chi connectivity index (χ1n) is 9.56. The number of aryl methyl sites for hydroxylation is 2. The topological polar surface area (TPSA) is 58.4 Å². The van der Waals surface area contributed by atoms with Crippen LogP contribution in [0.5, 0.6) is 0 Å². The molecule has 0 unspecified atom stereocenters. The van der Waals surface area contributed by atoms with Crippen molar-refractivity contribution < 1.29 is 9.90 Å². The Bertz CT molecular complexity index is 718. The SMILES string of the molecule is Cc1cnc(C2CCN(C(=O)CCc3ccccc3)CC2)n1[C@H](C)CO. The van der Waals surface area contributed by atoms with Gasteiger partial charge in [-0.15, -0.1) is 0 Å². The second-order valence-corrected chi connectivity index (χ2v) is 7.30. The van der Waals surface area contributed by atoms with Gasteiger partial charge in [0.05, 0.1) is 12.6 Å². The van der Waals surface area contributed by atoms with Crippen LogP contribution in [0.1, 0.15) is 55.2 Å². The number of carbonyl (C=O) groups excluding carboxylic acids is 1. The minimum absolute atomic E-state index is 0.0398. The van der Waals surface area contributed by atoms with Crippen molar-refractivity contribution in [2.45, 2.75) is 51.5 Å². The van der Waals surface area contributed by atoms with E-state index in [0.717, 1.165) is 43.9 Å². The predicted octanol–water partition coefficient (Wildman–Crippen LogP) is 3.08. The summed E-state index contributed by atoms with van der Waals surface area (Å²) < 4.78 is 2.15. The third kappa shape index (κ3) is 4.15. The quantitative estimate of drug-likeness (QED) is 0.866. The second-order valence-electron chi connectivity index (χ2n) is 7.30. The summed E-state index contributed by atoms with van der Waals surface area (Å²) in [5, 5.41) is 9.52. The van der Waals surface area contributed by atoms with E-state index in [1.807, 2.05) is 43.1 Å². The summed E-state index contributed by atoms with van der Waals surface area (Å²) in [5.74, 6) is 1.66. The van der Waals surface area contributed by atoms with Crippen LogP contribution in [0.3, 0.4) is 0 Å². The third-order valence-corrected chi connectivity index (χ3v) is 5.40. The Hall–Kier alpha value is -2.14. The monoisotopic (exact) mass is 355 g/mol. The molecule has 2 heterocycles. The number of rotatable bonds is 6. The van der Waals surface area contributed by atoms with Gasteiger partial charge in [-0.2, -0.15) is 0 Å². The number of aromatic nitrogens is 2. The number of hydrogen-bond donors (Lipinski definition) is 1. The zero-order chi connectivity index (χ0) is 18.5. The van der Waals surface area contributed by atoms with Gasteiger partial charge in [0.15, 0.2) is 0 Å². The number of carbonyl (C=O) groups is 1. The maximum Gasteiger partial charge on any atom is 0.222 e. The molecule has 1 aromatic carbocycles. The van der Waals surface area contributed by atoms with E-state index in [4.69, 9.17) is 0 Å². The Kier molecular flexibility index (Phi) is 6.09. The second kappa shape index (κ2) is 8.49. The molecule has 1 atom stereocenters. The van der Waals surface area contributed by atoms with Crippen LogP contribution in [-0.4, -0.2) is 45.2 Å². The number of hydrogen-bond acceptors (Lipinski definition) is 3. The van der Waals surface area contributed by atoms with Crippen LogP contribution in [0.4, 0.5) is 0 Å². The highest BCUT2D eigenvalue weighted by atomic mass is 16.3. The highest BCUT2D eigenvalue weighted by molar-refractivity contribution is 5.76. The molecule has 1 aliphatic rings. The molecule has 0 aliphatic carbocycles. The molecule has 5 heteroatoms. The van der Waals surface area contributed by atoms with Crippen LogP contribution in [0.15, 0.2) is 36.5 Å². The van der Waals surface area contributed by atoms with Crippen LogP contribution in [0.25, 0.3) is 0 Å². The Morgan fingerprint density at radius 3 is 2.62 bits per heavy atom. The van der Waals surface area contributed by atoms with Gasteiger partial charge in [-0.25, -0.2) is 4.98 Å². The molecule has 3 rings (SSSR count). The van der Waals surface area contributed by atoms with Crippen LogP contribution in [0.2, 0.25) is 0 Å². The highest BCUT2D eigenvalue weighted by Gasteiger charge is 2.27. The lowest BCUT2D eigenvalue weighted by atomic mass is 9.95. The molecule has 0 bridgehead atoms. The molecule has 1 N–H and O–H groups in total. The van der Waals surface area contributed by atoms with Crippen molar-refractivity contribution in [3.63, 3.8) is 0 Å². The van der Waals surface area contributed by atoms with Crippen LogP contribution >= 0.6 is 0 Å². The number of aliphatic hydroxyl groups excluding tert-OH is 1. The van der Waals surface area contributed by atoms with Crippen molar-refractivity contribution in [1.82, 2.24) is 14.5 Å². The average molecular weight is 355 g/mol. The molecule has 1 aromatic heterocycles. The van der Waals surface area contributed by atoms with Gasteiger partial charge in [-0.3, -0.25) is 4.79 Å². The van der Waals surface area contributed by atoms with E-state index in [9.17, 15) is 9.90 Å². The van der Waals surface area contributed by atoms with E-state index >= 15 is 0 Å². The first-order valence-corrected chi connectivity index (χ1v) is 9.56. The van der Waals surface area contributed by atoms with Crippen molar-refractivity contribution in [2.75, 3.05) is 19.7 Å². The highest BCUT2D eigenvalue weighted by Crippen LogP contribution is 2.30. The molecule has 1 aliphatic heterocycles. The smallest absolute Gasteiger partial charge is 0.222 e. The molecule has 0 radical (unpaired) electrons. The molecular weight excluding hydrogens is 326 g/mol. The lowest BCUT2D eigenvalue weighted by molar-refractivity contribution is -0.132. The van der Waals surface area contributed by atoms with Gasteiger partial charge in [0.1, 0.15) is 5.82 Å². The minimum Gasteiger partial charge on any atom is -0.394 e. The lowest BCUT2D eigenvalue weighted by Crippen LogP contribution is -2.38. The zero-order valence-corrected chi connectivity index (χ0v) is 15.8. The summed E-state index contributed by atoms with van der Waals surface area (Å²) in [6.07, 6.45) is 5.14. The van der Waals surface area contributed by atoms with Crippen LogP contribution in [0, 0.1) is 6.92 Å². The Morgan fingerprint density at radius 2 is 1.96 bits per heavy atom. The summed E-state index contributed by atoms with van der Waals surface area (Å²) in [7, 11) is 0. The standard InChI is InChI=1S/C21H29N3O2/c1-16-14-22-21(24(16)17(2)15-25)19-10-12-23(13-11-19)20(26)9-8-18-6-4-3-5-7-18/h3-7,14,17,19,25H,8-13,15H2,1-2H3/t17-/m1/s1.